The number of hydrogen-bond acceptors (Lipinski definition) is 10. The summed E-state index contributed by atoms with van der Waals surface area (Å²) in [5, 5.41) is 34.1. The molecule has 0 spiro atoms. The van der Waals surface area contributed by atoms with E-state index in [0.29, 0.717) is 37.7 Å². The zero-order valence-electron chi connectivity index (χ0n) is 42.6. The van der Waals surface area contributed by atoms with Crippen molar-refractivity contribution in [2.24, 2.45) is 75.2 Å². The summed E-state index contributed by atoms with van der Waals surface area (Å²) in [5.74, 6) is 7.84. The maximum Gasteiger partial charge on any atom is 0.508 e. The van der Waals surface area contributed by atoms with E-state index in [4.69, 9.17) is 19.9 Å². The molecular formula is C58H82N2O9. The lowest BCUT2D eigenvalue weighted by molar-refractivity contribution is -0.211. The Hall–Kier alpha value is -3.69. The molecule has 0 saturated heterocycles. The van der Waals surface area contributed by atoms with Gasteiger partial charge in [-0.2, -0.15) is 0 Å². The fourth-order valence-electron chi connectivity index (χ4n) is 17.4. The summed E-state index contributed by atoms with van der Waals surface area (Å²) in [7, 11) is 2.12. The predicted octanol–water partition coefficient (Wildman–Crippen LogP) is 9.63. The fourth-order valence-corrected chi connectivity index (χ4v) is 17.4. The van der Waals surface area contributed by atoms with E-state index in [1.807, 2.05) is 13.0 Å². The van der Waals surface area contributed by atoms with Crippen molar-refractivity contribution in [2.75, 3.05) is 38.3 Å². The van der Waals surface area contributed by atoms with Crippen LogP contribution in [0, 0.1) is 81.3 Å². The van der Waals surface area contributed by atoms with Gasteiger partial charge in [0.15, 0.2) is 5.78 Å². The molecule has 0 bridgehead atoms. The number of aliphatic hydroxyl groups excluding tert-OH is 1. The van der Waals surface area contributed by atoms with Crippen molar-refractivity contribution in [1.29, 1.82) is 0 Å². The van der Waals surface area contributed by atoms with Gasteiger partial charge in [0.05, 0.1) is 18.8 Å². The van der Waals surface area contributed by atoms with Crippen LogP contribution in [0.15, 0.2) is 47.1 Å². The molecule has 8 aliphatic carbocycles. The van der Waals surface area contributed by atoms with Crippen molar-refractivity contribution in [1.82, 2.24) is 0 Å². The van der Waals surface area contributed by atoms with E-state index in [-0.39, 0.29) is 95.7 Å². The van der Waals surface area contributed by atoms with Crippen LogP contribution in [0.2, 0.25) is 0 Å². The normalized spacial score (nSPS) is 41.4. The van der Waals surface area contributed by atoms with Crippen molar-refractivity contribution in [3.05, 3.63) is 52.6 Å². The van der Waals surface area contributed by atoms with Crippen molar-refractivity contribution in [3.8, 4) is 11.8 Å². The highest BCUT2D eigenvalue weighted by Crippen LogP contribution is 2.70. The quantitative estimate of drug-likeness (QED) is 0.110. The molecule has 378 valence electrons. The summed E-state index contributed by atoms with van der Waals surface area (Å²) < 4.78 is 18.5. The second-order valence-electron chi connectivity index (χ2n) is 24.0. The molecule has 0 amide bonds. The first-order chi connectivity index (χ1) is 32.9. The van der Waals surface area contributed by atoms with Crippen LogP contribution in [0.1, 0.15) is 149 Å². The number of aliphatic carboxylic acids is 1. The third-order valence-electron chi connectivity index (χ3n) is 21.0. The highest BCUT2D eigenvalue weighted by atomic mass is 16.7. The second kappa shape index (κ2) is 19.4. The summed E-state index contributed by atoms with van der Waals surface area (Å²) >= 11 is 0. The third-order valence-corrected chi connectivity index (χ3v) is 21.0. The highest BCUT2D eigenvalue weighted by molar-refractivity contribution is 5.93. The number of carboxylic acid groups (broad SMARTS) is 1. The molecule has 11 nitrogen and oxygen atoms in total. The Morgan fingerprint density at radius 3 is 2.46 bits per heavy atom. The number of rotatable bonds is 13. The molecule has 5 N–H and O–H groups in total. The molecule has 9 rings (SSSR count). The van der Waals surface area contributed by atoms with Gasteiger partial charge in [-0.05, 0) is 183 Å². The molecule has 17 atom stereocenters. The van der Waals surface area contributed by atoms with Crippen molar-refractivity contribution < 1.29 is 43.9 Å². The van der Waals surface area contributed by atoms with Gasteiger partial charge in [0.25, 0.3) is 0 Å². The summed E-state index contributed by atoms with van der Waals surface area (Å²) in [5.41, 5.74) is 10.4. The van der Waals surface area contributed by atoms with Gasteiger partial charge < -0.3 is 40.2 Å². The minimum atomic E-state index is -1.05. The summed E-state index contributed by atoms with van der Waals surface area (Å²) in [6.07, 6.45) is 12.3. The number of carbonyl (C=O) groups excluding carboxylic acids is 2. The lowest BCUT2D eigenvalue weighted by Crippen LogP contribution is -2.63. The number of carboxylic acids is 1. The highest BCUT2D eigenvalue weighted by Gasteiger charge is 2.68. The standard InChI is InChI=1S/C58H82N2O9/c1-8-22-58(66)35(3)28-47-43-16-12-37-29-40(61)15-17-42(37)52(43)44(33-56(47,58)5)36-10-13-39(14-11-36)60(7)25-27-67-41-21-23-55(4)38(30-41)31-49(69-54(65)68-26-24-59)53-46-19-18-45(34(2)9-20-51(63)64)57(46,6)50(62)32-48(53)55/h10-11,13-14,29,34-35,38,41,43-50,53,62,66H,9,12,15-21,23-28,30-33,59H2,1-7H3,(H,63,64)/t34-,35-,38+,41+,43?,44-,45?,46+,47?,48+,49-,50+,53+,55+,56+,57-,58+/m1/s1. The lowest BCUT2D eigenvalue weighted by Gasteiger charge is -2.64. The molecule has 0 radical (unpaired) electrons. The van der Waals surface area contributed by atoms with Gasteiger partial charge in [0.2, 0.25) is 0 Å². The zero-order chi connectivity index (χ0) is 49.2. The summed E-state index contributed by atoms with van der Waals surface area (Å²) in [4.78, 5) is 39.6. The zero-order valence-corrected chi connectivity index (χ0v) is 42.6. The van der Waals surface area contributed by atoms with Crippen LogP contribution < -0.4 is 10.6 Å². The number of anilines is 1. The topological polar surface area (TPSA) is 169 Å². The number of ketones is 1. The predicted molar refractivity (Wildman–Crippen MR) is 266 cm³/mol. The number of ether oxygens (including phenoxy) is 3. The van der Waals surface area contributed by atoms with Gasteiger partial charge in [0, 0.05) is 55.9 Å². The van der Waals surface area contributed by atoms with Gasteiger partial charge in [-0.25, -0.2) is 4.79 Å². The molecule has 11 heteroatoms. The fraction of sp³-hybridized carbons (Fsp3) is 0.741. The third kappa shape index (κ3) is 8.61. The van der Waals surface area contributed by atoms with Crippen LogP contribution in [0.25, 0.3) is 0 Å². The summed E-state index contributed by atoms with van der Waals surface area (Å²) in [6.45, 7) is 14.7. The first kappa shape index (κ1) is 50.3. The molecule has 6 saturated carbocycles. The van der Waals surface area contributed by atoms with E-state index >= 15 is 0 Å². The maximum absolute atomic E-state index is 13.2. The Bertz CT molecular complexity index is 2250. The maximum atomic E-state index is 13.2. The van der Waals surface area contributed by atoms with E-state index in [9.17, 15) is 29.7 Å². The molecular weight excluding hydrogens is 869 g/mol. The number of allylic oxidation sites excluding steroid dienone is 4. The number of carbonyl (C=O) groups is 3. The first-order valence-corrected chi connectivity index (χ1v) is 26.9. The average molecular weight is 951 g/mol. The van der Waals surface area contributed by atoms with Crippen LogP contribution in [0.3, 0.4) is 0 Å². The lowest BCUT2D eigenvalue weighted by atomic mass is 9.43. The Balaban J connectivity index is 0.878. The SMILES string of the molecule is CC#C[C@]1(O)[C@H](C)CC2C3CCC4=CC(=O)CCC4=C3[C@@H](c3ccc(N(C)CCO[C@H]4CC[C@@]5(C)[C@@H](C4)C[C@@H](OC(=O)OCCN)[C@@H]4[C@@H]5C[C@H](O)[C@]5(C)C([C@H](C)CCC(=O)O)CC[C@@H]45)cc3)C[C@@]21C. The van der Waals surface area contributed by atoms with Gasteiger partial charge in [0.1, 0.15) is 18.3 Å². The van der Waals surface area contributed by atoms with Crippen LogP contribution in [-0.4, -0.2) is 90.5 Å². The minimum Gasteiger partial charge on any atom is -0.481 e. The van der Waals surface area contributed by atoms with Gasteiger partial charge in [-0.3, -0.25) is 9.59 Å². The van der Waals surface area contributed by atoms with Crippen LogP contribution in [0.4, 0.5) is 10.5 Å². The number of nitrogens with two attached hydrogens (primary N) is 1. The molecule has 8 aliphatic rings. The minimum absolute atomic E-state index is 0.0468. The summed E-state index contributed by atoms with van der Waals surface area (Å²) in [6, 6.07) is 9.05. The van der Waals surface area contributed by atoms with Crippen LogP contribution >= 0.6 is 0 Å². The van der Waals surface area contributed by atoms with Gasteiger partial charge in [-0.1, -0.05) is 58.2 Å². The van der Waals surface area contributed by atoms with Gasteiger partial charge in [-0.15, -0.1) is 5.92 Å². The van der Waals surface area contributed by atoms with E-state index in [1.54, 1.807) is 0 Å². The second-order valence-corrected chi connectivity index (χ2v) is 24.0. The van der Waals surface area contributed by atoms with Crippen molar-refractivity contribution >= 4 is 23.6 Å². The molecule has 0 heterocycles. The molecule has 0 aromatic heterocycles. The Morgan fingerprint density at radius 2 is 1.74 bits per heavy atom. The van der Waals surface area contributed by atoms with Crippen LogP contribution in [-0.2, 0) is 23.8 Å². The number of benzene rings is 1. The Kier molecular flexibility index (Phi) is 14.1. The average Bonchev–Trinajstić information content (AvgIpc) is 3.78. The largest absolute Gasteiger partial charge is 0.508 e. The van der Waals surface area contributed by atoms with Crippen LogP contribution in [0.5, 0.6) is 0 Å². The smallest absolute Gasteiger partial charge is 0.481 e. The van der Waals surface area contributed by atoms with E-state index in [0.717, 1.165) is 82.9 Å². The molecule has 1 aromatic rings. The first-order valence-electron chi connectivity index (χ1n) is 26.9. The van der Waals surface area contributed by atoms with E-state index in [2.05, 4.69) is 82.7 Å². The number of aliphatic hydroxyl groups is 2. The Labute approximate surface area is 411 Å². The molecule has 3 unspecified atom stereocenters. The van der Waals surface area contributed by atoms with E-state index in [1.165, 1.54) is 22.3 Å². The number of likely N-dealkylation sites (N-methyl/N-ethyl adjacent to an activating group) is 1. The van der Waals surface area contributed by atoms with Gasteiger partial charge >= 0.3 is 12.1 Å². The number of fused-ring (bicyclic) bond motifs is 9. The molecule has 6 fully saturated rings. The van der Waals surface area contributed by atoms with Crippen molar-refractivity contribution in [3.63, 3.8) is 0 Å². The molecule has 69 heavy (non-hydrogen) atoms. The van der Waals surface area contributed by atoms with E-state index < -0.39 is 29.2 Å². The number of hydrogen-bond donors (Lipinski definition) is 4. The molecule has 1 aromatic carbocycles. The Morgan fingerprint density at radius 1 is 0.971 bits per heavy atom. The number of nitrogens with zero attached hydrogens (tertiary/aromatic N) is 1. The molecule has 0 aliphatic heterocycles. The monoisotopic (exact) mass is 951 g/mol. The van der Waals surface area contributed by atoms with Crippen molar-refractivity contribution in [2.45, 2.75) is 168 Å².